The zero-order valence-corrected chi connectivity index (χ0v) is 58.3. The van der Waals surface area contributed by atoms with E-state index in [1.54, 1.807) is 6.08 Å². The Hall–Kier alpha value is -1.80. The van der Waals surface area contributed by atoms with Gasteiger partial charge in [-0.3, -0.25) is 13.8 Å². The van der Waals surface area contributed by atoms with Crippen molar-refractivity contribution in [3.8, 4) is 0 Å². The van der Waals surface area contributed by atoms with Crippen molar-refractivity contribution in [1.29, 1.82) is 0 Å². The minimum absolute atomic E-state index is 0.0634. The number of likely N-dealkylation sites (N-methyl/N-ethyl adjacent to an activating group) is 1. The van der Waals surface area contributed by atoms with Crippen LogP contribution in [0.1, 0.15) is 367 Å². The van der Waals surface area contributed by atoms with Gasteiger partial charge in [-0.2, -0.15) is 0 Å². The highest BCUT2D eigenvalue weighted by Crippen LogP contribution is 2.43. The largest absolute Gasteiger partial charge is 0.472 e. The first kappa shape index (κ1) is 83.2. The van der Waals surface area contributed by atoms with Crippen molar-refractivity contribution >= 4 is 13.7 Å². The lowest BCUT2D eigenvalue weighted by Gasteiger charge is -2.25. The van der Waals surface area contributed by atoms with Crippen molar-refractivity contribution in [2.75, 3.05) is 40.9 Å². The number of allylic oxidation sites excluding steroid dienone is 9. The molecule has 0 aromatic rings. The molecule has 0 saturated carbocycles. The molecule has 0 fully saturated rings. The van der Waals surface area contributed by atoms with Gasteiger partial charge >= 0.3 is 7.82 Å². The summed E-state index contributed by atoms with van der Waals surface area (Å²) in [5.74, 6) is -0.169. The zero-order valence-electron chi connectivity index (χ0n) is 57.4. The number of carbonyl (C=O) groups is 1. The molecular formula is C76H146N2O6P+. The monoisotopic (exact) mass is 1210 g/mol. The number of amides is 1. The maximum Gasteiger partial charge on any atom is 0.472 e. The topological polar surface area (TPSA) is 105 Å². The van der Waals surface area contributed by atoms with Gasteiger partial charge in [0.05, 0.1) is 39.9 Å². The summed E-state index contributed by atoms with van der Waals surface area (Å²) in [7, 11) is 1.59. The van der Waals surface area contributed by atoms with Gasteiger partial charge in [0, 0.05) is 6.42 Å². The van der Waals surface area contributed by atoms with Gasteiger partial charge in [0.1, 0.15) is 13.2 Å². The lowest BCUT2D eigenvalue weighted by Crippen LogP contribution is -2.45. The van der Waals surface area contributed by atoms with Gasteiger partial charge in [-0.05, 0) is 57.8 Å². The van der Waals surface area contributed by atoms with Crippen molar-refractivity contribution in [3.63, 3.8) is 0 Å². The molecule has 0 aromatic heterocycles. The number of rotatable bonds is 69. The fourth-order valence-electron chi connectivity index (χ4n) is 11.3. The van der Waals surface area contributed by atoms with Gasteiger partial charge in [0.2, 0.25) is 5.91 Å². The Morgan fingerprint density at radius 1 is 0.412 bits per heavy atom. The van der Waals surface area contributed by atoms with E-state index < -0.39 is 20.0 Å². The van der Waals surface area contributed by atoms with E-state index in [-0.39, 0.29) is 19.1 Å². The third-order valence-corrected chi connectivity index (χ3v) is 18.0. The number of quaternary nitrogens is 1. The highest BCUT2D eigenvalue weighted by molar-refractivity contribution is 7.47. The molecule has 9 heteroatoms. The number of aliphatic hydroxyl groups excluding tert-OH is 1. The molecule has 0 radical (unpaired) electrons. The summed E-state index contributed by atoms with van der Waals surface area (Å²) in [6.07, 6.45) is 92.5. The number of nitrogens with one attached hydrogen (secondary N) is 1. The number of hydrogen-bond acceptors (Lipinski definition) is 5. The predicted octanol–water partition coefficient (Wildman–Crippen LogP) is 23.9. The molecular weight excluding hydrogens is 1070 g/mol. The summed E-state index contributed by atoms with van der Waals surface area (Å²) < 4.78 is 23.8. The quantitative estimate of drug-likeness (QED) is 0.0243. The Bertz CT molecular complexity index is 1570. The lowest BCUT2D eigenvalue weighted by atomic mass is 10.0. The zero-order chi connectivity index (χ0) is 61.9. The molecule has 0 aliphatic carbocycles. The van der Waals surface area contributed by atoms with Crippen LogP contribution in [0, 0.1) is 0 Å². The lowest BCUT2D eigenvalue weighted by molar-refractivity contribution is -0.870. The maximum absolute atomic E-state index is 13.1. The van der Waals surface area contributed by atoms with Gasteiger partial charge in [0.15, 0.2) is 0 Å². The van der Waals surface area contributed by atoms with Crippen molar-refractivity contribution in [2.45, 2.75) is 379 Å². The number of phosphoric ester groups is 1. The standard InChI is InChI=1S/C76H145N2O6P/c1-6-8-10-12-14-16-18-20-22-24-26-28-30-31-32-33-34-35-36-37-38-39-40-41-42-43-44-45-46-47-48-50-52-54-56-58-60-62-64-66-68-70-76(80)77-74(73-84-85(81,82)83-72-71-78(3,4)5)75(79)69-67-65-63-61-59-57-55-53-51-49-29-27-25-23-21-19-17-15-13-11-9-7-2/h8,10,14,16,20,22,26,28,67,69,74-75,79H,6-7,9,11-13,15,17-19,21,23-25,27,29-66,68,70-73H2,1-5H3,(H-,77,80,81,82)/p+1/b10-8-,16-14-,22-20-,28-26-,69-67+. The highest BCUT2D eigenvalue weighted by atomic mass is 31.2. The maximum atomic E-state index is 13.1. The minimum atomic E-state index is -4.35. The van der Waals surface area contributed by atoms with Gasteiger partial charge in [0.25, 0.3) is 0 Å². The van der Waals surface area contributed by atoms with Crippen LogP contribution in [0.2, 0.25) is 0 Å². The van der Waals surface area contributed by atoms with Crippen LogP contribution < -0.4 is 5.32 Å². The predicted molar refractivity (Wildman–Crippen MR) is 374 cm³/mol. The molecule has 0 aromatic carbocycles. The normalized spacial score (nSPS) is 13.9. The Labute approximate surface area is 530 Å². The smallest absolute Gasteiger partial charge is 0.387 e. The fraction of sp³-hybridized carbons (Fsp3) is 0.855. The van der Waals surface area contributed by atoms with E-state index in [9.17, 15) is 19.4 Å². The van der Waals surface area contributed by atoms with Crippen LogP contribution in [0.4, 0.5) is 0 Å². The highest BCUT2D eigenvalue weighted by Gasteiger charge is 2.28. The second kappa shape index (κ2) is 66.6. The van der Waals surface area contributed by atoms with E-state index in [1.807, 2.05) is 27.2 Å². The molecule has 1 amide bonds. The average molecular weight is 1210 g/mol. The SMILES string of the molecule is CC/C=C\C/C=C\C/C=C\C/C=C\CCCCCCCCCCCCCCCCCCCCCCCCCCCCCCC(=O)NC(COP(=O)(O)OCC[N+](C)(C)C)C(O)/C=C/CCCCCCCCCCCCCCCCCCCCCC. The molecule has 500 valence electrons. The number of aliphatic hydroxyl groups is 1. The Morgan fingerprint density at radius 3 is 1.04 bits per heavy atom. The van der Waals surface area contributed by atoms with Crippen molar-refractivity contribution in [2.24, 2.45) is 0 Å². The van der Waals surface area contributed by atoms with Crippen molar-refractivity contribution in [3.05, 3.63) is 60.8 Å². The molecule has 3 unspecified atom stereocenters. The third kappa shape index (κ3) is 69.5. The average Bonchev–Trinajstić information content (AvgIpc) is 3.48. The number of hydrogen-bond donors (Lipinski definition) is 3. The Morgan fingerprint density at radius 2 is 0.706 bits per heavy atom. The molecule has 0 bridgehead atoms. The Balaban J connectivity index is 3.91. The summed E-state index contributed by atoms with van der Waals surface area (Å²) in [6, 6.07) is -0.847. The molecule has 8 nitrogen and oxygen atoms in total. The van der Waals surface area contributed by atoms with Crippen molar-refractivity contribution in [1.82, 2.24) is 5.32 Å². The molecule has 3 atom stereocenters. The van der Waals surface area contributed by atoms with E-state index in [0.717, 1.165) is 57.8 Å². The van der Waals surface area contributed by atoms with Crippen LogP contribution in [0.3, 0.4) is 0 Å². The fourth-order valence-corrected chi connectivity index (χ4v) is 12.0. The van der Waals surface area contributed by atoms with E-state index in [4.69, 9.17) is 9.05 Å². The van der Waals surface area contributed by atoms with E-state index >= 15 is 0 Å². The number of nitrogens with zero attached hydrogens (tertiary/aromatic N) is 1. The van der Waals surface area contributed by atoms with Crippen LogP contribution in [0.5, 0.6) is 0 Å². The molecule has 0 heterocycles. The molecule has 0 aliphatic rings. The molecule has 0 spiro atoms. The van der Waals surface area contributed by atoms with Crippen LogP contribution >= 0.6 is 7.82 Å². The molecule has 85 heavy (non-hydrogen) atoms. The van der Waals surface area contributed by atoms with E-state index in [0.29, 0.717) is 17.4 Å². The van der Waals surface area contributed by atoms with Gasteiger partial charge in [-0.15, -0.1) is 0 Å². The third-order valence-electron chi connectivity index (χ3n) is 17.0. The first-order valence-corrected chi connectivity index (χ1v) is 38.7. The van der Waals surface area contributed by atoms with E-state index in [2.05, 4.69) is 67.8 Å². The summed E-state index contributed by atoms with van der Waals surface area (Å²) in [6.45, 7) is 4.76. The van der Waals surface area contributed by atoms with Gasteiger partial charge < -0.3 is 19.8 Å². The second-order valence-electron chi connectivity index (χ2n) is 26.6. The minimum Gasteiger partial charge on any atom is -0.387 e. The second-order valence-corrected chi connectivity index (χ2v) is 28.1. The summed E-state index contributed by atoms with van der Waals surface area (Å²) in [5, 5.41) is 14.0. The first-order chi connectivity index (χ1) is 41.5. The van der Waals surface area contributed by atoms with E-state index in [1.165, 1.54) is 289 Å². The Kier molecular flexibility index (Phi) is 65.2. The molecule has 3 N–H and O–H groups in total. The number of phosphoric acid groups is 1. The summed E-state index contributed by atoms with van der Waals surface area (Å²) in [4.78, 5) is 23.4. The number of unbranched alkanes of at least 4 members (excludes halogenated alkanes) is 48. The van der Waals surface area contributed by atoms with Gasteiger partial charge in [-0.1, -0.05) is 364 Å². The first-order valence-electron chi connectivity index (χ1n) is 37.2. The number of carbonyl (C=O) groups excluding carboxylic acids is 1. The van der Waals surface area contributed by atoms with Crippen LogP contribution in [-0.4, -0.2) is 73.4 Å². The molecule has 0 saturated heterocycles. The summed E-state index contributed by atoms with van der Waals surface area (Å²) in [5.41, 5.74) is 0. The molecule has 0 aliphatic heterocycles. The van der Waals surface area contributed by atoms with Crippen molar-refractivity contribution < 1.29 is 32.9 Å². The van der Waals surface area contributed by atoms with Crippen LogP contribution in [0.25, 0.3) is 0 Å². The van der Waals surface area contributed by atoms with Crippen LogP contribution in [0.15, 0.2) is 60.8 Å². The summed E-state index contributed by atoms with van der Waals surface area (Å²) >= 11 is 0. The molecule has 0 rings (SSSR count). The van der Waals surface area contributed by atoms with Crippen LogP contribution in [-0.2, 0) is 18.4 Å². The van der Waals surface area contributed by atoms with Gasteiger partial charge in [-0.25, -0.2) is 4.57 Å².